The van der Waals surface area contributed by atoms with Crippen LogP contribution in [0.15, 0.2) is 10.5 Å². The van der Waals surface area contributed by atoms with Crippen LogP contribution < -0.4 is 0 Å². The van der Waals surface area contributed by atoms with E-state index in [0.29, 0.717) is 0 Å². The molecule has 11 heavy (non-hydrogen) atoms. The van der Waals surface area contributed by atoms with Gasteiger partial charge in [0.25, 0.3) is 0 Å². The van der Waals surface area contributed by atoms with Gasteiger partial charge in [0.2, 0.25) is 4.24 Å². The fourth-order valence-corrected chi connectivity index (χ4v) is 1.60. The Labute approximate surface area is 62.5 Å². The van der Waals surface area contributed by atoms with Crippen molar-refractivity contribution in [1.82, 2.24) is 0 Å². The van der Waals surface area contributed by atoms with Crippen LogP contribution in [0.25, 0.3) is 0 Å². The molecule has 0 aromatic heterocycles. The molecule has 0 atom stereocenters. The van der Waals surface area contributed by atoms with E-state index in [2.05, 4.69) is 0 Å². The van der Waals surface area contributed by atoms with Crippen LogP contribution in [0, 0.1) is 0 Å². The number of rotatable bonds is 2. The normalized spacial score (nSPS) is 12.5. The zero-order valence-corrected chi connectivity index (χ0v) is 6.50. The molecule has 0 heterocycles. The highest BCUT2D eigenvalue weighted by Gasteiger charge is 2.27. The average molecular weight is 204 g/mol. The van der Waals surface area contributed by atoms with Crippen molar-refractivity contribution in [1.29, 1.82) is 0 Å². The molecule has 7 nitrogen and oxygen atoms in total. The van der Waals surface area contributed by atoms with Crippen LogP contribution >= 0.6 is 0 Å². The van der Waals surface area contributed by atoms with Gasteiger partial charge in [0.15, 0.2) is 0 Å². The number of hydrogen-bond donors (Lipinski definition) is 3. The third-order valence-electron chi connectivity index (χ3n) is 0.614. The first kappa shape index (κ1) is 10.4. The van der Waals surface area contributed by atoms with Gasteiger partial charge in [-0.05, 0) is 0 Å². The van der Waals surface area contributed by atoms with Crippen LogP contribution in [0.1, 0.15) is 0 Å². The van der Waals surface area contributed by atoms with Gasteiger partial charge in [-0.2, -0.15) is 16.8 Å². The number of aliphatic hydroxyl groups excluding tert-OH is 1. The highest BCUT2D eigenvalue weighted by atomic mass is 32.3. The Kier molecular flexibility index (Phi) is 2.61. The van der Waals surface area contributed by atoms with Gasteiger partial charge in [-0.1, -0.05) is 0 Å². The molecule has 0 saturated heterocycles. The Balaban J connectivity index is 5.44. The molecule has 0 aliphatic heterocycles. The Morgan fingerprint density at radius 2 is 1.27 bits per heavy atom. The molecule has 0 unspecified atom stereocenters. The molecule has 0 amide bonds. The van der Waals surface area contributed by atoms with E-state index in [9.17, 15) is 16.8 Å². The summed E-state index contributed by atoms with van der Waals surface area (Å²) in [6, 6.07) is 0. The molecule has 0 bridgehead atoms. The molecular weight excluding hydrogens is 200 g/mol. The Morgan fingerprint density at radius 3 is 1.27 bits per heavy atom. The highest BCUT2D eigenvalue weighted by Crippen LogP contribution is 2.09. The quantitative estimate of drug-likeness (QED) is 0.393. The average Bonchev–Trinajstić information content (AvgIpc) is 1.56. The summed E-state index contributed by atoms with van der Waals surface area (Å²) < 4.78 is 54.2. The second kappa shape index (κ2) is 2.77. The van der Waals surface area contributed by atoms with E-state index in [1.807, 2.05) is 0 Å². The van der Waals surface area contributed by atoms with Crippen molar-refractivity contribution in [2.45, 2.75) is 0 Å². The largest absolute Gasteiger partial charge is 0.513 e. The van der Waals surface area contributed by atoms with Gasteiger partial charge in [-0.15, -0.1) is 0 Å². The third kappa shape index (κ3) is 2.84. The van der Waals surface area contributed by atoms with Crippen molar-refractivity contribution in [3.05, 3.63) is 10.5 Å². The summed E-state index contributed by atoms with van der Waals surface area (Å²) in [6.45, 7) is 0. The van der Waals surface area contributed by atoms with Gasteiger partial charge in [-0.25, -0.2) is 0 Å². The molecule has 0 aliphatic carbocycles. The van der Waals surface area contributed by atoms with E-state index in [0.717, 1.165) is 0 Å². The first-order valence-electron chi connectivity index (χ1n) is 1.99. The van der Waals surface area contributed by atoms with Crippen LogP contribution in [0.4, 0.5) is 0 Å². The van der Waals surface area contributed by atoms with Gasteiger partial charge >= 0.3 is 20.2 Å². The summed E-state index contributed by atoms with van der Waals surface area (Å²) in [7, 11) is -10.2. The minimum atomic E-state index is -5.10. The lowest BCUT2D eigenvalue weighted by Gasteiger charge is -1.95. The fraction of sp³-hybridized carbons (Fsp3) is 0. The van der Waals surface area contributed by atoms with E-state index in [1.54, 1.807) is 0 Å². The van der Waals surface area contributed by atoms with Crippen molar-refractivity contribution in [3.8, 4) is 0 Å². The van der Waals surface area contributed by atoms with Gasteiger partial charge in [0, 0.05) is 0 Å². The van der Waals surface area contributed by atoms with E-state index in [1.165, 1.54) is 0 Å². The van der Waals surface area contributed by atoms with Crippen molar-refractivity contribution >= 4 is 20.2 Å². The van der Waals surface area contributed by atoms with E-state index in [-0.39, 0.29) is 0 Å². The zero-order valence-electron chi connectivity index (χ0n) is 4.87. The lowest BCUT2D eigenvalue weighted by Crippen LogP contribution is -2.12. The lowest BCUT2D eigenvalue weighted by molar-refractivity contribution is 0.455. The van der Waals surface area contributed by atoms with Gasteiger partial charge in [0.05, 0.1) is 0 Å². The van der Waals surface area contributed by atoms with Crippen molar-refractivity contribution in [3.63, 3.8) is 0 Å². The monoisotopic (exact) mass is 204 g/mol. The molecule has 0 aromatic rings. The first-order chi connectivity index (χ1) is 4.69. The maximum atomic E-state index is 10.00. The Hall–Kier alpha value is -0.640. The molecule has 0 spiro atoms. The SMILES string of the molecule is O=S(=O)(O)C(=CO)S(=O)(=O)O. The topological polar surface area (TPSA) is 129 Å². The molecule has 3 N–H and O–H groups in total. The van der Waals surface area contributed by atoms with Gasteiger partial charge < -0.3 is 5.11 Å². The lowest BCUT2D eigenvalue weighted by atomic mass is 11.2. The molecule has 0 rings (SSSR count). The van der Waals surface area contributed by atoms with Crippen LogP contribution in [0.5, 0.6) is 0 Å². The summed E-state index contributed by atoms with van der Waals surface area (Å²) in [6.07, 6.45) is -0.426. The molecule has 0 saturated carbocycles. The molecule has 0 aliphatic rings. The van der Waals surface area contributed by atoms with Crippen molar-refractivity contribution in [2.24, 2.45) is 0 Å². The number of aliphatic hydroxyl groups is 1. The first-order valence-corrected chi connectivity index (χ1v) is 4.87. The van der Waals surface area contributed by atoms with Gasteiger partial charge in [-0.3, -0.25) is 9.11 Å². The standard InChI is InChI=1S/C2H4O7S2/c3-1-2(10(4,5)6)11(7,8)9/h1,3H,(H,4,5,6)(H,7,8,9). The Bertz CT molecular complexity index is 321. The minimum Gasteiger partial charge on any atom is -0.513 e. The minimum absolute atomic E-state index is 0.426. The fourth-order valence-electron chi connectivity index (χ4n) is 0.266. The molecule has 66 valence electrons. The third-order valence-corrected chi connectivity index (χ3v) is 3.11. The summed E-state index contributed by atoms with van der Waals surface area (Å²) in [5.41, 5.74) is 0. The second-order valence-corrected chi connectivity index (χ2v) is 4.44. The molecule has 0 fully saturated rings. The van der Waals surface area contributed by atoms with Crippen LogP contribution in [-0.2, 0) is 20.2 Å². The summed E-state index contributed by atoms with van der Waals surface area (Å²) in [5, 5.41) is 7.96. The van der Waals surface area contributed by atoms with Crippen LogP contribution in [0.2, 0.25) is 0 Å². The summed E-state index contributed by atoms with van der Waals surface area (Å²) in [4.78, 5) is 0. The second-order valence-electron chi connectivity index (χ2n) is 1.40. The van der Waals surface area contributed by atoms with Crippen LogP contribution in [-0.4, -0.2) is 31.0 Å². The maximum Gasteiger partial charge on any atom is 0.311 e. The van der Waals surface area contributed by atoms with E-state index in [4.69, 9.17) is 14.2 Å². The summed E-state index contributed by atoms with van der Waals surface area (Å²) in [5.74, 6) is 0. The molecule has 0 radical (unpaired) electrons. The maximum absolute atomic E-state index is 10.00. The van der Waals surface area contributed by atoms with Crippen molar-refractivity contribution < 1.29 is 31.0 Å². The molecule has 0 aromatic carbocycles. The predicted octanol–water partition coefficient (Wildman–Crippen LogP) is -0.881. The highest BCUT2D eigenvalue weighted by molar-refractivity contribution is 8.09. The number of hydrogen-bond acceptors (Lipinski definition) is 5. The van der Waals surface area contributed by atoms with E-state index < -0.39 is 30.7 Å². The molecular formula is C2H4O7S2. The van der Waals surface area contributed by atoms with Crippen LogP contribution in [0.3, 0.4) is 0 Å². The summed E-state index contributed by atoms with van der Waals surface area (Å²) >= 11 is 0. The predicted molar refractivity (Wildman–Crippen MR) is 33.8 cm³/mol. The van der Waals surface area contributed by atoms with E-state index >= 15 is 0 Å². The van der Waals surface area contributed by atoms with Crippen molar-refractivity contribution in [2.75, 3.05) is 0 Å². The smallest absolute Gasteiger partial charge is 0.311 e. The Morgan fingerprint density at radius 1 is 1.00 bits per heavy atom. The molecule has 9 heteroatoms. The zero-order chi connectivity index (χ0) is 9.28. The van der Waals surface area contributed by atoms with Gasteiger partial charge in [0.1, 0.15) is 6.26 Å².